The summed E-state index contributed by atoms with van der Waals surface area (Å²) in [6.07, 6.45) is 2.06. The fraction of sp³-hybridized carbons (Fsp3) is 0.381. The molecule has 1 saturated carbocycles. The van der Waals surface area contributed by atoms with E-state index in [9.17, 15) is 18.0 Å². The summed E-state index contributed by atoms with van der Waals surface area (Å²) in [6, 6.07) is 11.5. The molecule has 5 nitrogen and oxygen atoms in total. The molecule has 8 heteroatoms. The maximum absolute atomic E-state index is 13.9. The first-order valence-corrected chi connectivity index (χ1v) is 9.42. The van der Waals surface area contributed by atoms with Gasteiger partial charge in [-0.15, -0.1) is 0 Å². The van der Waals surface area contributed by atoms with E-state index in [1.54, 1.807) is 30.3 Å². The average Bonchev–Trinajstić information content (AvgIpc) is 3.53. The number of ether oxygens (including phenoxy) is 2. The van der Waals surface area contributed by atoms with E-state index >= 15 is 0 Å². The predicted octanol–water partition coefficient (Wildman–Crippen LogP) is 2.30. The molecule has 29 heavy (non-hydrogen) atoms. The van der Waals surface area contributed by atoms with Crippen molar-refractivity contribution in [3.05, 3.63) is 59.4 Å². The van der Waals surface area contributed by atoms with E-state index in [-0.39, 0.29) is 36.3 Å². The number of methoxy groups -OCH3 is 1. The van der Waals surface area contributed by atoms with E-state index < -0.39 is 6.61 Å². The van der Waals surface area contributed by atoms with Gasteiger partial charge >= 0.3 is 6.61 Å². The number of nitrogens with one attached hydrogen (secondary N) is 2. The van der Waals surface area contributed by atoms with Crippen molar-refractivity contribution < 1.29 is 32.3 Å². The number of quaternary nitrogens is 1. The summed E-state index contributed by atoms with van der Waals surface area (Å²) in [7, 11) is 1.36. The molecule has 2 aromatic carbocycles. The number of carbonyl (C=O) groups is 1. The van der Waals surface area contributed by atoms with E-state index in [0.717, 1.165) is 17.7 Å². The molecule has 0 bridgehead atoms. The van der Waals surface area contributed by atoms with Gasteiger partial charge in [-0.2, -0.15) is 8.78 Å². The van der Waals surface area contributed by atoms with Gasteiger partial charge in [-0.3, -0.25) is 4.79 Å². The summed E-state index contributed by atoms with van der Waals surface area (Å²) in [6.45, 7) is -2.02. The molecule has 0 heterocycles. The van der Waals surface area contributed by atoms with Gasteiger partial charge in [-0.1, -0.05) is 24.3 Å². The first-order valence-electron chi connectivity index (χ1n) is 9.42. The molecule has 1 aliphatic carbocycles. The zero-order valence-electron chi connectivity index (χ0n) is 16.1. The van der Waals surface area contributed by atoms with Crippen LogP contribution in [0, 0.1) is 5.82 Å². The highest BCUT2D eigenvalue weighted by Gasteiger charge is 2.35. The van der Waals surface area contributed by atoms with Crippen LogP contribution in [0.3, 0.4) is 0 Å². The summed E-state index contributed by atoms with van der Waals surface area (Å²) in [4.78, 5) is 13.5. The third-order valence-electron chi connectivity index (χ3n) is 4.85. The predicted molar refractivity (Wildman–Crippen MR) is 100 cm³/mol. The van der Waals surface area contributed by atoms with Crippen molar-refractivity contribution in [3.63, 3.8) is 0 Å². The van der Waals surface area contributed by atoms with Crippen LogP contribution < -0.4 is 19.7 Å². The van der Waals surface area contributed by atoms with Gasteiger partial charge in [-0.25, -0.2) is 4.39 Å². The summed E-state index contributed by atoms with van der Waals surface area (Å²) in [5.41, 5.74) is 1.29. The Morgan fingerprint density at radius 2 is 1.97 bits per heavy atom. The Labute approximate surface area is 167 Å². The van der Waals surface area contributed by atoms with E-state index in [4.69, 9.17) is 4.74 Å². The quantitative estimate of drug-likeness (QED) is 0.633. The molecule has 1 amide bonds. The molecular weight excluding hydrogens is 385 g/mol. The SMILES string of the molecule is COc1cc(CNC(=O)C[NH+](Cc2ccccc2F)C2CC2)ccc1OC(F)F. The number of rotatable bonds is 10. The largest absolute Gasteiger partial charge is 0.493 e. The van der Waals surface area contributed by atoms with E-state index in [1.807, 2.05) is 0 Å². The van der Waals surface area contributed by atoms with Crippen molar-refractivity contribution in [1.82, 2.24) is 5.32 Å². The van der Waals surface area contributed by atoms with E-state index in [1.165, 1.54) is 19.2 Å². The summed E-state index contributed by atoms with van der Waals surface area (Å²) in [5, 5.41) is 2.83. The minimum atomic E-state index is -2.94. The molecule has 1 aliphatic rings. The molecule has 0 aromatic heterocycles. The molecular formula is C21H24F3N2O3+. The van der Waals surface area contributed by atoms with Gasteiger partial charge in [-0.05, 0) is 23.8 Å². The van der Waals surface area contributed by atoms with Gasteiger partial charge in [0, 0.05) is 24.9 Å². The highest BCUT2D eigenvalue weighted by atomic mass is 19.3. The molecule has 0 aliphatic heterocycles. The molecule has 1 unspecified atom stereocenters. The number of benzene rings is 2. The van der Waals surface area contributed by atoms with Crippen LogP contribution in [-0.4, -0.2) is 32.2 Å². The first kappa shape index (κ1) is 21.0. The van der Waals surface area contributed by atoms with Crippen LogP contribution in [0.1, 0.15) is 24.0 Å². The molecule has 156 valence electrons. The lowest BCUT2D eigenvalue weighted by atomic mass is 10.2. The fourth-order valence-electron chi connectivity index (χ4n) is 3.21. The smallest absolute Gasteiger partial charge is 0.387 e. The zero-order valence-corrected chi connectivity index (χ0v) is 16.1. The fourth-order valence-corrected chi connectivity index (χ4v) is 3.21. The Hall–Kier alpha value is -2.74. The third-order valence-corrected chi connectivity index (χ3v) is 4.85. The third kappa shape index (κ3) is 6.12. The Balaban J connectivity index is 1.56. The lowest BCUT2D eigenvalue weighted by molar-refractivity contribution is -0.917. The van der Waals surface area contributed by atoms with Crippen molar-refractivity contribution in [1.29, 1.82) is 0 Å². The summed E-state index contributed by atoms with van der Waals surface area (Å²) in [5.74, 6) is -0.312. The van der Waals surface area contributed by atoms with Gasteiger partial charge in [0.25, 0.3) is 5.91 Å². The average molecular weight is 409 g/mol. The Kier molecular flexibility index (Phi) is 6.98. The second-order valence-electron chi connectivity index (χ2n) is 7.02. The van der Waals surface area contributed by atoms with Crippen molar-refractivity contribution in [2.75, 3.05) is 13.7 Å². The Bertz CT molecular complexity index is 844. The monoisotopic (exact) mass is 409 g/mol. The zero-order chi connectivity index (χ0) is 20.8. The van der Waals surface area contributed by atoms with Crippen molar-refractivity contribution >= 4 is 5.91 Å². The lowest BCUT2D eigenvalue weighted by Gasteiger charge is -2.19. The highest BCUT2D eigenvalue weighted by Crippen LogP contribution is 2.29. The second kappa shape index (κ2) is 9.65. The summed E-state index contributed by atoms with van der Waals surface area (Å²) < 4.78 is 48.2. The number of hydrogen-bond acceptors (Lipinski definition) is 3. The maximum atomic E-state index is 13.9. The number of alkyl halides is 2. The lowest BCUT2D eigenvalue weighted by Crippen LogP contribution is -3.13. The van der Waals surface area contributed by atoms with Crippen molar-refractivity contribution in [2.45, 2.75) is 38.6 Å². The van der Waals surface area contributed by atoms with Gasteiger partial charge in [0.15, 0.2) is 18.0 Å². The van der Waals surface area contributed by atoms with Crippen LogP contribution in [0.25, 0.3) is 0 Å². The molecule has 0 saturated heterocycles. The van der Waals surface area contributed by atoms with Crippen LogP contribution in [0.2, 0.25) is 0 Å². The van der Waals surface area contributed by atoms with Crippen LogP contribution in [0.15, 0.2) is 42.5 Å². The number of halogens is 3. The summed E-state index contributed by atoms with van der Waals surface area (Å²) >= 11 is 0. The second-order valence-corrected chi connectivity index (χ2v) is 7.02. The molecule has 2 aromatic rings. The minimum absolute atomic E-state index is 0.0631. The van der Waals surface area contributed by atoms with Crippen LogP contribution >= 0.6 is 0 Å². The number of carbonyl (C=O) groups excluding carboxylic acids is 1. The number of hydrogen-bond donors (Lipinski definition) is 2. The van der Waals surface area contributed by atoms with Crippen LogP contribution in [0.4, 0.5) is 13.2 Å². The van der Waals surface area contributed by atoms with Gasteiger partial charge in [0.1, 0.15) is 12.4 Å². The number of amides is 1. The Morgan fingerprint density at radius 1 is 1.21 bits per heavy atom. The van der Waals surface area contributed by atoms with Gasteiger partial charge in [0.2, 0.25) is 0 Å². The standard InChI is InChI=1S/C21H23F3N2O3/c1-28-19-10-14(6-9-18(19)29-21(23)24)11-25-20(27)13-26(16-7-8-16)12-15-4-2-3-5-17(15)22/h2-6,9-10,16,21H,7-8,11-13H2,1H3,(H,25,27)/p+1. The maximum Gasteiger partial charge on any atom is 0.387 e. The van der Waals surface area contributed by atoms with E-state index in [0.29, 0.717) is 23.7 Å². The van der Waals surface area contributed by atoms with Gasteiger partial charge < -0.3 is 19.7 Å². The molecule has 1 fully saturated rings. The molecule has 1 atom stereocenters. The molecule has 0 radical (unpaired) electrons. The van der Waals surface area contributed by atoms with Gasteiger partial charge in [0.05, 0.1) is 13.2 Å². The van der Waals surface area contributed by atoms with Crippen molar-refractivity contribution in [3.8, 4) is 11.5 Å². The molecule has 2 N–H and O–H groups in total. The van der Waals surface area contributed by atoms with Crippen molar-refractivity contribution in [2.24, 2.45) is 0 Å². The minimum Gasteiger partial charge on any atom is -0.493 e. The van der Waals surface area contributed by atoms with Crippen LogP contribution in [0.5, 0.6) is 11.5 Å². The van der Waals surface area contributed by atoms with E-state index in [2.05, 4.69) is 10.1 Å². The molecule has 3 rings (SSSR count). The first-order chi connectivity index (χ1) is 14.0. The Morgan fingerprint density at radius 3 is 2.62 bits per heavy atom. The van der Waals surface area contributed by atoms with Crippen LogP contribution in [-0.2, 0) is 17.9 Å². The topological polar surface area (TPSA) is 52.0 Å². The highest BCUT2D eigenvalue weighted by molar-refractivity contribution is 5.76. The normalized spacial score (nSPS) is 14.5. The molecule has 0 spiro atoms.